The van der Waals surface area contributed by atoms with Crippen LogP contribution >= 0.6 is 0 Å². The minimum Gasteiger partial charge on any atom is -0.369 e. The van der Waals surface area contributed by atoms with Crippen LogP contribution in [0.25, 0.3) is 0 Å². The highest BCUT2D eigenvalue weighted by Gasteiger charge is 2.18. The van der Waals surface area contributed by atoms with E-state index in [1.165, 1.54) is 32.1 Å². The Morgan fingerprint density at radius 3 is 3.11 bits per heavy atom. The zero-order valence-electron chi connectivity index (χ0n) is 11.1. The lowest BCUT2D eigenvalue weighted by Gasteiger charge is -2.23. The molecule has 1 aromatic rings. The molecule has 96 valence electrons. The number of aromatic nitrogens is 1. The van der Waals surface area contributed by atoms with Crippen molar-refractivity contribution in [2.45, 2.75) is 39.0 Å². The summed E-state index contributed by atoms with van der Waals surface area (Å²) in [5.41, 5.74) is 1.76. The Morgan fingerprint density at radius 2 is 2.33 bits per heavy atom. The van der Waals surface area contributed by atoms with Crippen LogP contribution in [0.2, 0.25) is 0 Å². The summed E-state index contributed by atoms with van der Waals surface area (Å²) < 4.78 is 0. The number of rotatable bonds is 3. The van der Waals surface area contributed by atoms with Crippen molar-refractivity contribution in [2.75, 3.05) is 18.0 Å². The van der Waals surface area contributed by atoms with Crippen molar-refractivity contribution in [3.05, 3.63) is 24.0 Å². The van der Waals surface area contributed by atoms with E-state index in [1.807, 2.05) is 12.3 Å². The van der Waals surface area contributed by atoms with E-state index < -0.39 is 0 Å². The highest BCUT2D eigenvalue weighted by atomic mass is 15.1. The molecule has 2 rings (SSSR count). The van der Waals surface area contributed by atoms with E-state index in [0.29, 0.717) is 0 Å². The molecule has 0 bridgehead atoms. The normalized spacial score (nSPS) is 20.2. The van der Waals surface area contributed by atoms with E-state index in [0.717, 1.165) is 30.3 Å². The zero-order chi connectivity index (χ0) is 12.8. The average molecular weight is 243 g/mol. The lowest BCUT2D eigenvalue weighted by molar-refractivity contribution is 0.435. The van der Waals surface area contributed by atoms with Crippen molar-refractivity contribution in [3.8, 4) is 6.07 Å². The molecule has 1 aliphatic heterocycles. The Morgan fingerprint density at radius 1 is 1.44 bits per heavy atom. The van der Waals surface area contributed by atoms with Crippen LogP contribution in [0.4, 0.5) is 5.69 Å². The molecule has 0 spiro atoms. The summed E-state index contributed by atoms with van der Waals surface area (Å²) in [4.78, 5) is 6.50. The van der Waals surface area contributed by atoms with E-state index >= 15 is 0 Å². The van der Waals surface area contributed by atoms with Gasteiger partial charge in [-0.1, -0.05) is 19.8 Å². The highest BCUT2D eigenvalue weighted by molar-refractivity contribution is 5.57. The first-order valence-electron chi connectivity index (χ1n) is 6.94. The summed E-state index contributed by atoms with van der Waals surface area (Å²) in [5.74, 6) is 0.863. The maximum atomic E-state index is 9.15. The monoisotopic (exact) mass is 243 g/mol. The van der Waals surface area contributed by atoms with Gasteiger partial charge < -0.3 is 4.90 Å². The van der Waals surface area contributed by atoms with Crippen molar-refractivity contribution < 1.29 is 0 Å². The number of hydrogen-bond donors (Lipinski definition) is 0. The largest absolute Gasteiger partial charge is 0.369 e. The van der Waals surface area contributed by atoms with Gasteiger partial charge in [-0.05, 0) is 31.2 Å². The third-order valence-corrected chi connectivity index (χ3v) is 3.81. The molecular weight excluding hydrogens is 222 g/mol. The standard InChI is InChI=1S/C15H21N3/c1-2-4-13-5-3-9-18(10-7-13)15-12-17-8-6-14(15)11-16/h6,8,12-13H,2-5,7,9-10H2,1H3. The first-order chi connectivity index (χ1) is 8.85. The molecule has 0 N–H and O–H groups in total. The fraction of sp³-hybridized carbons (Fsp3) is 0.600. The molecule has 2 heterocycles. The van der Waals surface area contributed by atoms with Crippen molar-refractivity contribution in [1.82, 2.24) is 4.98 Å². The molecule has 18 heavy (non-hydrogen) atoms. The molecule has 1 atom stereocenters. The van der Waals surface area contributed by atoms with Crippen molar-refractivity contribution in [1.29, 1.82) is 5.26 Å². The van der Waals surface area contributed by atoms with Gasteiger partial charge in [0.2, 0.25) is 0 Å². The van der Waals surface area contributed by atoms with Gasteiger partial charge >= 0.3 is 0 Å². The van der Waals surface area contributed by atoms with E-state index in [2.05, 4.69) is 22.9 Å². The summed E-state index contributed by atoms with van der Waals surface area (Å²) >= 11 is 0. The topological polar surface area (TPSA) is 39.9 Å². The summed E-state index contributed by atoms with van der Waals surface area (Å²) in [7, 11) is 0. The van der Waals surface area contributed by atoms with Crippen molar-refractivity contribution >= 4 is 5.69 Å². The summed E-state index contributed by atoms with van der Waals surface area (Å²) in [6, 6.07) is 4.08. The van der Waals surface area contributed by atoms with Crippen LogP contribution in [0.5, 0.6) is 0 Å². The van der Waals surface area contributed by atoms with Crippen LogP contribution in [0.1, 0.15) is 44.6 Å². The van der Waals surface area contributed by atoms with Gasteiger partial charge in [-0.2, -0.15) is 5.26 Å². The number of nitrogens with zero attached hydrogens (tertiary/aromatic N) is 3. The molecule has 1 aliphatic rings. The molecule has 1 unspecified atom stereocenters. The van der Waals surface area contributed by atoms with Gasteiger partial charge in [0.25, 0.3) is 0 Å². The number of anilines is 1. The molecule has 3 heteroatoms. The van der Waals surface area contributed by atoms with Crippen molar-refractivity contribution in [2.24, 2.45) is 5.92 Å². The van der Waals surface area contributed by atoms with Crippen LogP contribution < -0.4 is 4.90 Å². The predicted molar refractivity (Wildman–Crippen MR) is 73.4 cm³/mol. The first kappa shape index (κ1) is 12.9. The molecule has 0 aromatic carbocycles. The maximum absolute atomic E-state index is 9.15. The molecule has 0 aliphatic carbocycles. The van der Waals surface area contributed by atoms with E-state index in [4.69, 9.17) is 5.26 Å². The number of hydrogen-bond acceptors (Lipinski definition) is 3. The smallest absolute Gasteiger partial charge is 0.101 e. The Hall–Kier alpha value is -1.56. The van der Waals surface area contributed by atoms with Crippen molar-refractivity contribution in [3.63, 3.8) is 0 Å². The molecule has 1 saturated heterocycles. The minimum absolute atomic E-state index is 0.749. The van der Waals surface area contributed by atoms with Crippen LogP contribution in [0.3, 0.4) is 0 Å². The highest BCUT2D eigenvalue weighted by Crippen LogP contribution is 2.26. The number of nitriles is 1. The quantitative estimate of drug-likeness (QED) is 0.817. The lowest BCUT2D eigenvalue weighted by atomic mass is 9.96. The lowest BCUT2D eigenvalue weighted by Crippen LogP contribution is -2.25. The van der Waals surface area contributed by atoms with Gasteiger partial charge in [-0.3, -0.25) is 4.98 Å². The average Bonchev–Trinajstić information content (AvgIpc) is 2.65. The number of pyridine rings is 1. The maximum Gasteiger partial charge on any atom is 0.101 e. The van der Waals surface area contributed by atoms with E-state index in [9.17, 15) is 0 Å². The van der Waals surface area contributed by atoms with Crippen LogP contribution in [0, 0.1) is 17.2 Å². The van der Waals surface area contributed by atoms with E-state index in [-0.39, 0.29) is 0 Å². The van der Waals surface area contributed by atoms with Crippen LogP contribution in [-0.2, 0) is 0 Å². The second kappa shape index (κ2) is 6.39. The van der Waals surface area contributed by atoms with Gasteiger partial charge in [0, 0.05) is 19.3 Å². The fourth-order valence-corrected chi connectivity index (χ4v) is 2.84. The SMILES string of the molecule is CCCC1CCCN(c2cnccc2C#N)CC1. The van der Waals surface area contributed by atoms with Gasteiger partial charge in [-0.15, -0.1) is 0 Å². The third-order valence-electron chi connectivity index (χ3n) is 3.81. The van der Waals surface area contributed by atoms with Gasteiger partial charge in [0.05, 0.1) is 17.4 Å². The minimum atomic E-state index is 0.749. The summed E-state index contributed by atoms with van der Waals surface area (Å²) in [6.45, 7) is 4.38. The molecule has 1 aromatic heterocycles. The zero-order valence-corrected chi connectivity index (χ0v) is 11.1. The second-order valence-electron chi connectivity index (χ2n) is 5.08. The Kier molecular flexibility index (Phi) is 4.58. The predicted octanol–water partition coefficient (Wildman–Crippen LogP) is 3.36. The third kappa shape index (κ3) is 3.01. The second-order valence-corrected chi connectivity index (χ2v) is 5.08. The van der Waals surface area contributed by atoms with Gasteiger partial charge in [-0.25, -0.2) is 0 Å². The molecule has 0 saturated carbocycles. The fourth-order valence-electron chi connectivity index (χ4n) is 2.84. The molecule has 0 amide bonds. The van der Waals surface area contributed by atoms with Gasteiger partial charge in [0.1, 0.15) is 6.07 Å². The van der Waals surface area contributed by atoms with Gasteiger partial charge in [0.15, 0.2) is 0 Å². The summed E-state index contributed by atoms with van der Waals surface area (Å²) in [5, 5.41) is 9.15. The van der Waals surface area contributed by atoms with E-state index in [1.54, 1.807) is 6.20 Å². The molecule has 1 fully saturated rings. The summed E-state index contributed by atoms with van der Waals surface area (Å²) in [6.07, 6.45) is 9.94. The Bertz CT molecular complexity index is 422. The molecular formula is C15H21N3. The van der Waals surface area contributed by atoms with Crippen LogP contribution in [-0.4, -0.2) is 18.1 Å². The first-order valence-corrected chi connectivity index (χ1v) is 6.94. The molecule has 0 radical (unpaired) electrons. The molecule has 3 nitrogen and oxygen atoms in total. The van der Waals surface area contributed by atoms with Crippen LogP contribution in [0.15, 0.2) is 18.5 Å². The Balaban J connectivity index is 2.08. The Labute approximate surface area is 109 Å².